The third-order valence-corrected chi connectivity index (χ3v) is 2.48. The molecule has 0 atom stereocenters. The van der Waals surface area contributed by atoms with Gasteiger partial charge in [0.1, 0.15) is 5.75 Å². The van der Waals surface area contributed by atoms with Gasteiger partial charge in [-0.3, -0.25) is 0 Å². The van der Waals surface area contributed by atoms with Gasteiger partial charge in [0.15, 0.2) is 0 Å². The number of rotatable bonds is 5. The van der Waals surface area contributed by atoms with E-state index in [1.54, 1.807) is 7.11 Å². The number of ether oxygens (including phenoxy) is 1. The van der Waals surface area contributed by atoms with Crippen LogP contribution < -0.4 is 10.1 Å². The van der Waals surface area contributed by atoms with Gasteiger partial charge in [0.2, 0.25) is 0 Å². The summed E-state index contributed by atoms with van der Waals surface area (Å²) in [6.07, 6.45) is 0. The predicted octanol–water partition coefficient (Wildman–Crippen LogP) is 3.12. The fourth-order valence-electron chi connectivity index (χ4n) is 1.30. The first-order chi connectivity index (χ1) is 7.13. The van der Waals surface area contributed by atoms with Crippen molar-refractivity contribution in [3.05, 3.63) is 40.4 Å². The lowest BCUT2D eigenvalue weighted by Crippen LogP contribution is -2.15. The molecule has 82 valence electrons. The molecule has 3 heteroatoms. The molecule has 0 bridgehead atoms. The van der Waals surface area contributed by atoms with Gasteiger partial charge in [-0.25, -0.2) is 0 Å². The van der Waals surface area contributed by atoms with Crippen LogP contribution in [-0.2, 0) is 6.54 Å². The van der Waals surface area contributed by atoms with Crippen molar-refractivity contribution in [1.82, 2.24) is 5.32 Å². The van der Waals surface area contributed by atoms with E-state index in [9.17, 15) is 0 Å². The molecular formula is C12H16BrNO. The first-order valence-corrected chi connectivity index (χ1v) is 5.60. The minimum Gasteiger partial charge on any atom is -0.496 e. The van der Waals surface area contributed by atoms with Crippen LogP contribution in [0.25, 0.3) is 0 Å². The predicted molar refractivity (Wildman–Crippen MR) is 67.2 cm³/mol. The molecule has 0 aliphatic rings. The van der Waals surface area contributed by atoms with Crippen LogP contribution in [-0.4, -0.2) is 13.7 Å². The molecule has 2 nitrogen and oxygen atoms in total. The summed E-state index contributed by atoms with van der Waals surface area (Å²) in [5, 5.41) is 3.30. The molecular weight excluding hydrogens is 254 g/mol. The van der Waals surface area contributed by atoms with Crippen molar-refractivity contribution in [2.24, 2.45) is 0 Å². The molecule has 15 heavy (non-hydrogen) atoms. The van der Waals surface area contributed by atoms with Crippen molar-refractivity contribution in [1.29, 1.82) is 0 Å². The van der Waals surface area contributed by atoms with E-state index in [1.807, 2.05) is 19.1 Å². The first kappa shape index (κ1) is 12.3. The number of hydrogen-bond donors (Lipinski definition) is 1. The Morgan fingerprint density at radius 1 is 1.53 bits per heavy atom. The molecule has 0 spiro atoms. The van der Waals surface area contributed by atoms with Gasteiger partial charge in [-0.05, 0) is 25.1 Å². The van der Waals surface area contributed by atoms with Gasteiger partial charge in [-0.2, -0.15) is 0 Å². The van der Waals surface area contributed by atoms with Crippen molar-refractivity contribution >= 4 is 15.9 Å². The second-order valence-corrected chi connectivity index (χ2v) is 4.43. The summed E-state index contributed by atoms with van der Waals surface area (Å²) in [7, 11) is 1.69. The molecule has 1 aromatic rings. The third kappa shape index (κ3) is 4.06. The van der Waals surface area contributed by atoms with Crippen LogP contribution in [0.15, 0.2) is 34.8 Å². The Morgan fingerprint density at radius 2 is 2.27 bits per heavy atom. The van der Waals surface area contributed by atoms with Gasteiger partial charge in [-0.1, -0.05) is 28.1 Å². The van der Waals surface area contributed by atoms with Gasteiger partial charge in [0.05, 0.1) is 7.11 Å². The van der Waals surface area contributed by atoms with Crippen molar-refractivity contribution in [2.75, 3.05) is 13.7 Å². The summed E-state index contributed by atoms with van der Waals surface area (Å²) in [5.41, 5.74) is 2.28. The van der Waals surface area contributed by atoms with E-state index in [0.717, 1.165) is 34.4 Å². The molecule has 1 rings (SSSR count). The largest absolute Gasteiger partial charge is 0.496 e. The van der Waals surface area contributed by atoms with Gasteiger partial charge in [0, 0.05) is 23.1 Å². The Balaban J connectivity index is 2.65. The normalized spacial score (nSPS) is 10.1. The molecule has 0 saturated carbocycles. The Morgan fingerprint density at radius 3 is 2.87 bits per heavy atom. The molecule has 1 aromatic carbocycles. The highest BCUT2D eigenvalue weighted by Crippen LogP contribution is 2.22. The molecule has 0 aliphatic carbocycles. The van der Waals surface area contributed by atoms with Crippen LogP contribution in [0.5, 0.6) is 5.75 Å². The lowest BCUT2D eigenvalue weighted by atomic mass is 10.2. The van der Waals surface area contributed by atoms with E-state index in [1.165, 1.54) is 0 Å². The average molecular weight is 270 g/mol. The van der Waals surface area contributed by atoms with Crippen molar-refractivity contribution in [2.45, 2.75) is 13.5 Å². The molecule has 0 radical (unpaired) electrons. The highest BCUT2D eigenvalue weighted by molar-refractivity contribution is 9.10. The zero-order valence-corrected chi connectivity index (χ0v) is 10.7. The van der Waals surface area contributed by atoms with Crippen LogP contribution in [0.4, 0.5) is 0 Å². The Hall–Kier alpha value is -0.800. The number of benzene rings is 1. The second-order valence-electron chi connectivity index (χ2n) is 3.52. The van der Waals surface area contributed by atoms with E-state index in [0.29, 0.717) is 0 Å². The lowest BCUT2D eigenvalue weighted by Gasteiger charge is -2.10. The maximum Gasteiger partial charge on any atom is 0.123 e. The van der Waals surface area contributed by atoms with Gasteiger partial charge in [-0.15, -0.1) is 0 Å². The van der Waals surface area contributed by atoms with E-state index < -0.39 is 0 Å². The summed E-state index contributed by atoms with van der Waals surface area (Å²) in [4.78, 5) is 0. The van der Waals surface area contributed by atoms with E-state index >= 15 is 0 Å². The zero-order chi connectivity index (χ0) is 11.3. The fraction of sp³-hybridized carbons (Fsp3) is 0.333. The van der Waals surface area contributed by atoms with E-state index in [-0.39, 0.29) is 0 Å². The lowest BCUT2D eigenvalue weighted by molar-refractivity contribution is 0.408. The maximum absolute atomic E-state index is 5.27. The first-order valence-electron chi connectivity index (χ1n) is 4.81. The molecule has 0 heterocycles. The molecule has 1 N–H and O–H groups in total. The monoisotopic (exact) mass is 269 g/mol. The molecule has 0 aromatic heterocycles. The van der Waals surface area contributed by atoms with Crippen molar-refractivity contribution in [3.63, 3.8) is 0 Å². The smallest absolute Gasteiger partial charge is 0.123 e. The maximum atomic E-state index is 5.27. The molecule has 0 aliphatic heterocycles. The summed E-state index contributed by atoms with van der Waals surface area (Å²) in [6, 6.07) is 5.99. The quantitative estimate of drug-likeness (QED) is 0.830. The summed E-state index contributed by atoms with van der Waals surface area (Å²) in [6.45, 7) is 7.46. The molecule has 0 unspecified atom stereocenters. The molecule has 0 amide bonds. The van der Waals surface area contributed by atoms with Crippen LogP contribution in [0, 0.1) is 0 Å². The molecule has 0 saturated heterocycles. The SMILES string of the molecule is C=C(C)CNCc1cc(Br)ccc1OC. The minimum absolute atomic E-state index is 0.787. The highest BCUT2D eigenvalue weighted by atomic mass is 79.9. The number of methoxy groups -OCH3 is 1. The molecule has 0 fully saturated rings. The zero-order valence-electron chi connectivity index (χ0n) is 9.14. The van der Waals surface area contributed by atoms with Crippen LogP contribution in [0.1, 0.15) is 12.5 Å². The van der Waals surface area contributed by atoms with E-state index in [4.69, 9.17) is 4.74 Å². The Labute approximate surface area is 99.5 Å². The van der Waals surface area contributed by atoms with Crippen LogP contribution >= 0.6 is 15.9 Å². The third-order valence-electron chi connectivity index (χ3n) is 1.98. The summed E-state index contributed by atoms with van der Waals surface area (Å²) in [5.74, 6) is 0.910. The Kier molecular flexibility index (Phi) is 4.85. The highest BCUT2D eigenvalue weighted by Gasteiger charge is 2.02. The fourth-order valence-corrected chi connectivity index (χ4v) is 1.70. The van der Waals surface area contributed by atoms with Gasteiger partial charge >= 0.3 is 0 Å². The standard InChI is InChI=1S/C12H16BrNO/c1-9(2)7-14-8-10-6-11(13)4-5-12(10)15-3/h4-6,14H,1,7-8H2,2-3H3. The van der Waals surface area contributed by atoms with Gasteiger partial charge in [0.25, 0.3) is 0 Å². The number of halogens is 1. The number of hydrogen-bond acceptors (Lipinski definition) is 2. The number of nitrogens with one attached hydrogen (secondary N) is 1. The minimum atomic E-state index is 0.787. The Bertz CT molecular complexity index is 349. The second kappa shape index (κ2) is 5.93. The van der Waals surface area contributed by atoms with Crippen LogP contribution in [0.3, 0.4) is 0 Å². The van der Waals surface area contributed by atoms with Crippen LogP contribution in [0.2, 0.25) is 0 Å². The van der Waals surface area contributed by atoms with E-state index in [2.05, 4.69) is 33.9 Å². The summed E-state index contributed by atoms with van der Waals surface area (Å²) >= 11 is 3.45. The average Bonchev–Trinajstić information content (AvgIpc) is 2.17. The van der Waals surface area contributed by atoms with Crippen molar-refractivity contribution < 1.29 is 4.74 Å². The van der Waals surface area contributed by atoms with Crippen molar-refractivity contribution in [3.8, 4) is 5.75 Å². The summed E-state index contributed by atoms with van der Waals surface area (Å²) < 4.78 is 6.34. The van der Waals surface area contributed by atoms with Gasteiger partial charge < -0.3 is 10.1 Å². The topological polar surface area (TPSA) is 21.3 Å².